The van der Waals surface area contributed by atoms with Crippen LogP contribution in [0.25, 0.3) is 0 Å². The fourth-order valence-electron chi connectivity index (χ4n) is 2.48. The van der Waals surface area contributed by atoms with E-state index in [-0.39, 0.29) is 17.4 Å². The molecule has 2 N–H and O–H groups in total. The Labute approximate surface area is 156 Å². The summed E-state index contributed by atoms with van der Waals surface area (Å²) in [5.74, 6) is 0.738. The maximum Gasteiger partial charge on any atom is 0.446 e. The molecule has 0 saturated heterocycles. The van der Waals surface area contributed by atoms with E-state index in [2.05, 4.69) is 23.3 Å². The van der Waals surface area contributed by atoms with E-state index in [1.54, 1.807) is 12.1 Å². The molecule has 26 heavy (non-hydrogen) atoms. The third-order valence-corrected chi connectivity index (χ3v) is 4.24. The van der Waals surface area contributed by atoms with Gasteiger partial charge in [0.15, 0.2) is 11.5 Å². The summed E-state index contributed by atoms with van der Waals surface area (Å²) in [5.41, 5.74) is 0.731. The van der Waals surface area contributed by atoms with Crippen molar-refractivity contribution in [2.24, 2.45) is 5.92 Å². The summed E-state index contributed by atoms with van der Waals surface area (Å²) in [6.45, 7) is 4.72. The average molecular weight is 387 g/mol. The van der Waals surface area contributed by atoms with Crippen molar-refractivity contribution in [2.45, 2.75) is 58.9 Å². The minimum Gasteiger partial charge on any atom is -0.493 e. The van der Waals surface area contributed by atoms with Crippen LogP contribution in [0.4, 0.5) is 0 Å². The minimum absolute atomic E-state index is 0.0221. The van der Waals surface area contributed by atoms with E-state index in [1.165, 1.54) is 26.0 Å². The molecule has 0 aromatic heterocycles. The first-order valence-corrected chi connectivity index (χ1v) is 10.2. The van der Waals surface area contributed by atoms with Gasteiger partial charge in [-0.2, -0.15) is 8.42 Å². The lowest BCUT2D eigenvalue weighted by Gasteiger charge is -2.10. The third kappa shape index (κ3) is 9.62. The molecule has 0 fully saturated rings. The van der Waals surface area contributed by atoms with Crippen LogP contribution < -0.4 is 14.2 Å². The highest BCUT2D eigenvalue weighted by Gasteiger charge is 2.13. The lowest BCUT2D eigenvalue weighted by Crippen LogP contribution is -2.22. The monoisotopic (exact) mass is 387 g/mol. The topological polar surface area (TPSA) is 102 Å². The number of hydrogen-bond donors (Lipinski definition) is 2. The molecule has 1 aromatic carbocycles. The summed E-state index contributed by atoms with van der Waals surface area (Å²) in [7, 11) is -3.27. The predicted octanol–water partition coefficient (Wildman–Crippen LogP) is 3.49. The van der Waals surface area contributed by atoms with Crippen molar-refractivity contribution >= 4 is 16.3 Å². The maximum atomic E-state index is 11.9. The van der Waals surface area contributed by atoms with Crippen LogP contribution in [0, 0.1) is 5.92 Å². The highest BCUT2D eigenvalue weighted by atomic mass is 32.3. The Morgan fingerprint density at radius 3 is 2.46 bits per heavy atom. The largest absolute Gasteiger partial charge is 0.493 e. The van der Waals surface area contributed by atoms with E-state index >= 15 is 0 Å². The van der Waals surface area contributed by atoms with Gasteiger partial charge >= 0.3 is 10.4 Å². The van der Waals surface area contributed by atoms with E-state index in [1.807, 2.05) is 0 Å². The first-order valence-electron chi connectivity index (χ1n) is 8.81. The van der Waals surface area contributed by atoms with Gasteiger partial charge in [-0.3, -0.25) is 9.35 Å². The zero-order valence-electron chi connectivity index (χ0n) is 15.7. The van der Waals surface area contributed by atoms with Crippen molar-refractivity contribution in [1.82, 2.24) is 5.32 Å². The zero-order chi connectivity index (χ0) is 19.6. The highest BCUT2D eigenvalue weighted by molar-refractivity contribution is 7.81. The molecule has 0 spiro atoms. The Hall–Kier alpha value is -1.80. The fraction of sp³-hybridized carbons (Fsp3) is 0.611. The molecular formula is C18H29NO6S. The normalized spacial score (nSPS) is 11.4. The number of hydrogen-bond acceptors (Lipinski definition) is 5. The van der Waals surface area contributed by atoms with Gasteiger partial charge in [0.2, 0.25) is 5.91 Å². The van der Waals surface area contributed by atoms with Gasteiger partial charge in [-0.05, 0) is 30.0 Å². The lowest BCUT2D eigenvalue weighted by atomic mass is 10.0. The summed E-state index contributed by atoms with van der Waals surface area (Å²) in [5, 5.41) is 2.82. The van der Waals surface area contributed by atoms with Gasteiger partial charge in [-0.25, -0.2) is 0 Å². The van der Waals surface area contributed by atoms with E-state index < -0.39 is 10.4 Å². The van der Waals surface area contributed by atoms with Crippen LogP contribution in [-0.4, -0.2) is 26.0 Å². The van der Waals surface area contributed by atoms with Crippen LogP contribution >= 0.6 is 0 Å². The van der Waals surface area contributed by atoms with Crippen LogP contribution in [0.2, 0.25) is 0 Å². The second kappa shape index (κ2) is 11.0. The van der Waals surface area contributed by atoms with Gasteiger partial charge in [-0.1, -0.05) is 45.6 Å². The molecule has 0 aliphatic carbocycles. The number of carbonyl (C=O) groups excluding carboxylic acids is 1. The molecule has 148 valence electrons. The first-order chi connectivity index (χ1) is 12.2. The summed E-state index contributed by atoms with van der Waals surface area (Å²) in [6, 6.07) is 4.50. The SMILES string of the molecule is COc1cc(CNC(=O)CCCCCCC(C)C)ccc1OS(=O)(=O)O. The average Bonchev–Trinajstić information content (AvgIpc) is 2.55. The van der Waals surface area contributed by atoms with Gasteiger partial charge in [0.25, 0.3) is 0 Å². The summed E-state index contributed by atoms with van der Waals surface area (Å²) >= 11 is 0. The maximum absolute atomic E-state index is 11.9. The molecule has 0 radical (unpaired) electrons. The van der Waals surface area contributed by atoms with Crippen molar-refractivity contribution in [3.8, 4) is 11.5 Å². The lowest BCUT2D eigenvalue weighted by molar-refractivity contribution is -0.121. The van der Waals surface area contributed by atoms with Gasteiger partial charge in [0.05, 0.1) is 7.11 Å². The molecule has 7 nitrogen and oxygen atoms in total. The number of amides is 1. The van der Waals surface area contributed by atoms with Crippen LogP contribution in [0.5, 0.6) is 11.5 Å². The smallest absolute Gasteiger partial charge is 0.446 e. The molecule has 0 heterocycles. The van der Waals surface area contributed by atoms with Gasteiger partial charge in [-0.15, -0.1) is 0 Å². The second-order valence-corrected chi connectivity index (χ2v) is 7.64. The van der Waals surface area contributed by atoms with E-state index in [9.17, 15) is 13.2 Å². The molecule has 8 heteroatoms. The number of unbranched alkanes of at least 4 members (excludes halogenated alkanes) is 3. The Balaban J connectivity index is 2.39. The summed E-state index contributed by atoms with van der Waals surface area (Å²) in [6.07, 6.45) is 5.99. The predicted molar refractivity (Wildman–Crippen MR) is 99.6 cm³/mol. The zero-order valence-corrected chi connectivity index (χ0v) is 16.5. The van der Waals surface area contributed by atoms with Gasteiger partial charge in [0, 0.05) is 13.0 Å². The second-order valence-electron chi connectivity index (χ2n) is 6.62. The van der Waals surface area contributed by atoms with Crippen molar-refractivity contribution in [1.29, 1.82) is 0 Å². The molecule has 0 atom stereocenters. The first kappa shape index (κ1) is 22.2. The molecule has 0 aliphatic rings. The minimum atomic E-state index is -4.62. The number of nitrogens with one attached hydrogen (secondary N) is 1. The number of methoxy groups -OCH3 is 1. The van der Waals surface area contributed by atoms with Crippen molar-refractivity contribution in [2.75, 3.05) is 7.11 Å². The van der Waals surface area contributed by atoms with Crippen LogP contribution in [0.1, 0.15) is 57.9 Å². The number of benzene rings is 1. The summed E-state index contributed by atoms with van der Waals surface area (Å²) in [4.78, 5) is 11.9. The van der Waals surface area contributed by atoms with Crippen LogP contribution in [-0.2, 0) is 21.7 Å². The molecule has 1 aromatic rings. The van der Waals surface area contributed by atoms with Crippen molar-refractivity contribution in [3.63, 3.8) is 0 Å². The highest BCUT2D eigenvalue weighted by Crippen LogP contribution is 2.29. The Morgan fingerprint density at radius 2 is 1.85 bits per heavy atom. The summed E-state index contributed by atoms with van der Waals surface area (Å²) < 4.78 is 39.8. The molecule has 0 saturated carbocycles. The van der Waals surface area contributed by atoms with Crippen LogP contribution in [0.3, 0.4) is 0 Å². The Kier molecular flexibility index (Phi) is 9.43. The van der Waals surface area contributed by atoms with E-state index in [4.69, 9.17) is 9.29 Å². The fourth-order valence-corrected chi connectivity index (χ4v) is 2.85. The van der Waals surface area contributed by atoms with Gasteiger partial charge < -0.3 is 14.2 Å². The standard InChI is InChI=1S/C18H29NO6S/c1-14(2)8-6-4-5-7-9-18(20)19-13-15-10-11-16(17(12-15)24-3)25-26(21,22)23/h10-12,14H,4-9,13H2,1-3H3,(H,19,20)(H,21,22,23). The van der Waals surface area contributed by atoms with E-state index in [0.29, 0.717) is 13.0 Å². The molecule has 0 bridgehead atoms. The van der Waals surface area contributed by atoms with Gasteiger partial charge in [0.1, 0.15) is 0 Å². The number of ether oxygens (including phenoxy) is 1. The Bertz CT molecular complexity index is 672. The molecule has 0 unspecified atom stereocenters. The Morgan fingerprint density at radius 1 is 1.15 bits per heavy atom. The molecular weight excluding hydrogens is 358 g/mol. The molecule has 1 rings (SSSR count). The third-order valence-electron chi connectivity index (χ3n) is 3.85. The number of rotatable bonds is 12. The van der Waals surface area contributed by atoms with Crippen molar-refractivity contribution < 1.29 is 26.7 Å². The van der Waals surface area contributed by atoms with Crippen LogP contribution in [0.15, 0.2) is 18.2 Å². The molecule has 1 amide bonds. The molecule has 0 aliphatic heterocycles. The van der Waals surface area contributed by atoms with E-state index in [0.717, 1.165) is 30.7 Å². The number of carbonyl (C=O) groups is 1. The quantitative estimate of drug-likeness (QED) is 0.420. The van der Waals surface area contributed by atoms with Crippen molar-refractivity contribution in [3.05, 3.63) is 23.8 Å².